The molecule has 1 fully saturated rings. The van der Waals surface area contributed by atoms with Crippen molar-refractivity contribution in [2.24, 2.45) is 5.92 Å². The van der Waals surface area contributed by atoms with Crippen LogP contribution >= 0.6 is 11.3 Å². The Balaban J connectivity index is 1.80. The first kappa shape index (κ1) is 14.6. The van der Waals surface area contributed by atoms with Gasteiger partial charge in [-0.2, -0.15) is 0 Å². The SMILES string of the molecule is CC(C)Cc1ncc(-c2cncc([C@@H]3CCCNC3)n2)s1. The lowest BCUT2D eigenvalue weighted by Crippen LogP contribution is -2.28. The van der Waals surface area contributed by atoms with E-state index in [4.69, 9.17) is 4.98 Å². The van der Waals surface area contributed by atoms with Gasteiger partial charge in [0.15, 0.2) is 0 Å². The van der Waals surface area contributed by atoms with Gasteiger partial charge < -0.3 is 5.32 Å². The molecule has 1 aliphatic heterocycles. The third-order valence-electron chi connectivity index (χ3n) is 3.76. The van der Waals surface area contributed by atoms with Crippen molar-refractivity contribution >= 4 is 11.3 Å². The number of aromatic nitrogens is 3. The lowest BCUT2D eigenvalue weighted by molar-refractivity contribution is 0.454. The molecule has 0 spiro atoms. The maximum absolute atomic E-state index is 4.83. The fourth-order valence-electron chi connectivity index (χ4n) is 2.67. The minimum atomic E-state index is 0.495. The van der Waals surface area contributed by atoms with Crippen LogP contribution in [0.4, 0.5) is 0 Å². The molecule has 5 heteroatoms. The summed E-state index contributed by atoms with van der Waals surface area (Å²) in [5.41, 5.74) is 2.07. The van der Waals surface area contributed by atoms with Crippen molar-refractivity contribution in [2.75, 3.05) is 13.1 Å². The molecule has 1 atom stereocenters. The van der Waals surface area contributed by atoms with Crippen LogP contribution in [0, 0.1) is 5.92 Å². The normalized spacial score (nSPS) is 19.1. The number of piperidine rings is 1. The van der Waals surface area contributed by atoms with E-state index in [0.717, 1.165) is 35.8 Å². The second-order valence-electron chi connectivity index (χ2n) is 6.09. The zero-order valence-electron chi connectivity index (χ0n) is 12.7. The van der Waals surface area contributed by atoms with E-state index in [1.54, 1.807) is 11.3 Å². The van der Waals surface area contributed by atoms with Crippen LogP contribution < -0.4 is 5.32 Å². The summed E-state index contributed by atoms with van der Waals surface area (Å²) >= 11 is 1.74. The third kappa shape index (κ3) is 3.66. The van der Waals surface area contributed by atoms with Crippen LogP contribution in [0.25, 0.3) is 10.6 Å². The minimum Gasteiger partial charge on any atom is -0.316 e. The van der Waals surface area contributed by atoms with Crippen molar-refractivity contribution in [3.63, 3.8) is 0 Å². The van der Waals surface area contributed by atoms with Crippen molar-refractivity contribution in [1.29, 1.82) is 0 Å². The molecular formula is C16H22N4S. The molecule has 2 aromatic rings. The van der Waals surface area contributed by atoms with Crippen LogP contribution in [-0.2, 0) is 6.42 Å². The highest BCUT2D eigenvalue weighted by molar-refractivity contribution is 7.15. The number of nitrogens with one attached hydrogen (secondary N) is 1. The summed E-state index contributed by atoms with van der Waals surface area (Å²) in [7, 11) is 0. The molecule has 0 saturated carbocycles. The van der Waals surface area contributed by atoms with E-state index in [-0.39, 0.29) is 0 Å². The number of rotatable bonds is 4. The van der Waals surface area contributed by atoms with Gasteiger partial charge in [0.1, 0.15) is 5.69 Å². The van der Waals surface area contributed by atoms with Gasteiger partial charge in [0, 0.05) is 31.3 Å². The van der Waals surface area contributed by atoms with Gasteiger partial charge in [0.25, 0.3) is 0 Å². The summed E-state index contributed by atoms with van der Waals surface area (Å²) in [6.45, 7) is 6.58. The van der Waals surface area contributed by atoms with E-state index in [0.29, 0.717) is 11.8 Å². The molecule has 112 valence electrons. The Bertz CT molecular complexity index is 587. The van der Waals surface area contributed by atoms with E-state index in [2.05, 4.69) is 29.1 Å². The number of nitrogens with zero attached hydrogens (tertiary/aromatic N) is 3. The maximum Gasteiger partial charge on any atom is 0.100 e. The van der Waals surface area contributed by atoms with Crippen LogP contribution in [0.2, 0.25) is 0 Å². The summed E-state index contributed by atoms with van der Waals surface area (Å²) in [5.74, 6) is 1.13. The zero-order chi connectivity index (χ0) is 14.7. The second kappa shape index (κ2) is 6.62. The molecule has 0 radical (unpaired) electrons. The van der Waals surface area contributed by atoms with Crippen molar-refractivity contribution < 1.29 is 0 Å². The Morgan fingerprint density at radius 2 is 2.24 bits per heavy atom. The predicted octanol–water partition coefficient (Wildman–Crippen LogP) is 3.27. The summed E-state index contributed by atoms with van der Waals surface area (Å²) in [6, 6.07) is 0. The van der Waals surface area contributed by atoms with Crippen LogP contribution in [0.1, 0.15) is 43.3 Å². The van der Waals surface area contributed by atoms with Crippen LogP contribution in [0.3, 0.4) is 0 Å². The Morgan fingerprint density at radius 1 is 1.33 bits per heavy atom. The van der Waals surface area contributed by atoms with Gasteiger partial charge in [-0.25, -0.2) is 9.97 Å². The highest BCUT2D eigenvalue weighted by Gasteiger charge is 2.18. The first-order valence-electron chi connectivity index (χ1n) is 7.70. The standard InChI is InChI=1S/C16H22N4S/c1-11(2)6-16-19-10-15(21-16)14-9-18-8-13(20-14)12-4-3-5-17-7-12/h8-12,17H,3-7H2,1-2H3/t12-/m1/s1. The highest BCUT2D eigenvalue weighted by atomic mass is 32.1. The van der Waals surface area contributed by atoms with Crippen LogP contribution in [-0.4, -0.2) is 28.0 Å². The van der Waals surface area contributed by atoms with Gasteiger partial charge in [-0.1, -0.05) is 13.8 Å². The van der Waals surface area contributed by atoms with Crippen molar-refractivity contribution in [1.82, 2.24) is 20.3 Å². The van der Waals surface area contributed by atoms with E-state index in [1.165, 1.54) is 17.8 Å². The molecule has 1 aliphatic rings. The van der Waals surface area contributed by atoms with E-state index >= 15 is 0 Å². The third-order valence-corrected chi connectivity index (χ3v) is 4.80. The first-order chi connectivity index (χ1) is 10.2. The van der Waals surface area contributed by atoms with Gasteiger partial charge in [0.05, 0.1) is 21.8 Å². The van der Waals surface area contributed by atoms with Gasteiger partial charge in [0.2, 0.25) is 0 Å². The summed E-state index contributed by atoms with van der Waals surface area (Å²) < 4.78 is 0. The Hall–Kier alpha value is -1.33. The van der Waals surface area contributed by atoms with Crippen molar-refractivity contribution in [3.8, 4) is 10.6 Å². The van der Waals surface area contributed by atoms with Gasteiger partial charge in [-0.3, -0.25) is 4.98 Å². The topological polar surface area (TPSA) is 50.7 Å². The fraction of sp³-hybridized carbons (Fsp3) is 0.562. The summed E-state index contributed by atoms with van der Waals surface area (Å²) in [4.78, 5) is 14.9. The fourth-order valence-corrected chi connectivity index (χ4v) is 3.76. The first-order valence-corrected chi connectivity index (χ1v) is 8.51. The van der Waals surface area contributed by atoms with Gasteiger partial charge in [-0.15, -0.1) is 11.3 Å². The molecule has 4 nitrogen and oxygen atoms in total. The minimum absolute atomic E-state index is 0.495. The Labute approximate surface area is 130 Å². The highest BCUT2D eigenvalue weighted by Crippen LogP contribution is 2.28. The number of hydrogen-bond acceptors (Lipinski definition) is 5. The molecule has 3 heterocycles. The second-order valence-corrected chi connectivity index (χ2v) is 7.20. The maximum atomic E-state index is 4.83. The van der Waals surface area contributed by atoms with Crippen LogP contribution in [0.5, 0.6) is 0 Å². The molecule has 0 aliphatic carbocycles. The molecule has 0 amide bonds. The Morgan fingerprint density at radius 3 is 3.00 bits per heavy atom. The molecule has 2 aromatic heterocycles. The summed E-state index contributed by atoms with van der Waals surface area (Å²) in [5, 5.41) is 4.63. The molecule has 1 N–H and O–H groups in total. The Kier molecular flexibility index (Phi) is 4.60. The van der Waals surface area contributed by atoms with Crippen molar-refractivity contribution in [3.05, 3.63) is 29.3 Å². The largest absolute Gasteiger partial charge is 0.316 e. The average Bonchev–Trinajstić information content (AvgIpc) is 2.96. The smallest absolute Gasteiger partial charge is 0.100 e. The number of thiazole rings is 1. The average molecular weight is 302 g/mol. The molecule has 1 saturated heterocycles. The zero-order valence-corrected chi connectivity index (χ0v) is 13.5. The van der Waals surface area contributed by atoms with Crippen LogP contribution in [0.15, 0.2) is 18.6 Å². The van der Waals surface area contributed by atoms with E-state index < -0.39 is 0 Å². The predicted molar refractivity (Wildman–Crippen MR) is 86.5 cm³/mol. The van der Waals surface area contributed by atoms with E-state index in [9.17, 15) is 0 Å². The van der Waals surface area contributed by atoms with Gasteiger partial charge in [-0.05, 0) is 25.3 Å². The molecule has 3 rings (SSSR count). The van der Waals surface area contributed by atoms with Crippen molar-refractivity contribution in [2.45, 2.75) is 39.0 Å². The molecule has 0 aromatic carbocycles. The monoisotopic (exact) mass is 302 g/mol. The number of hydrogen-bond donors (Lipinski definition) is 1. The molecule has 0 bridgehead atoms. The lowest BCUT2D eigenvalue weighted by Gasteiger charge is -2.22. The lowest BCUT2D eigenvalue weighted by atomic mass is 9.96. The molecule has 0 unspecified atom stereocenters. The molecule has 21 heavy (non-hydrogen) atoms. The van der Waals surface area contributed by atoms with Gasteiger partial charge >= 0.3 is 0 Å². The quantitative estimate of drug-likeness (QED) is 0.942. The summed E-state index contributed by atoms with van der Waals surface area (Å²) in [6.07, 6.45) is 9.16. The van der Waals surface area contributed by atoms with E-state index in [1.807, 2.05) is 18.6 Å². The molecular weight excluding hydrogens is 280 g/mol.